The molecule has 2 bridgehead atoms. The highest BCUT2D eigenvalue weighted by molar-refractivity contribution is 5.96. The van der Waals surface area contributed by atoms with Crippen molar-refractivity contribution in [2.45, 2.75) is 26.5 Å². The Balaban J connectivity index is 2.04. The largest absolute Gasteiger partial charge is 0.482 e. The fraction of sp³-hybridized carbons (Fsp3) is 0.273. The van der Waals surface area contributed by atoms with Gasteiger partial charge in [-0.15, -0.1) is 5.10 Å². The number of nitrogens with zero attached hydrogens (tertiary/aromatic N) is 5. The van der Waals surface area contributed by atoms with Gasteiger partial charge >= 0.3 is 0 Å². The number of hydrogen-bond donors (Lipinski definition) is 1. The number of nitrogen functional groups attached to an aromatic ring is 1. The summed E-state index contributed by atoms with van der Waals surface area (Å²) in [6.07, 6.45) is 0.850. The number of benzene rings is 1. The van der Waals surface area contributed by atoms with Crippen LogP contribution in [0.1, 0.15) is 44.3 Å². The number of carbonyl (C=O) groups excluding carboxylic acids is 1. The van der Waals surface area contributed by atoms with E-state index < -0.39 is 19.0 Å². The number of fused-ring (bicyclic) bond motifs is 5. The summed E-state index contributed by atoms with van der Waals surface area (Å²) in [7, 11) is 1.59. The Kier molecular flexibility index (Phi) is 3.83. The third kappa shape index (κ3) is 3.14. The minimum atomic E-state index is -2.74. The maximum atomic E-state index is 13.6. The van der Waals surface area contributed by atoms with Crippen LogP contribution >= 0.6 is 0 Å². The Morgan fingerprint density at radius 2 is 2.20 bits per heavy atom. The first-order valence-electron chi connectivity index (χ1n) is 10.8. The quantitative estimate of drug-likeness (QED) is 0.577. The molecule has 4 rings (SSSR count). The molecule has 0 saturated heterocycles. The Morgan fingerprint density at radius 1 is 1.40 bits per heavy atom. The molecule has 3 aromatic rings. The lowest BCUT2D eigenvalue weighted by molar-refractivity contribution is 0.0778. The SMILES string of the molecule is [2H]C([2H])([2H])N1Cc2nn(C)c([N+]#[C-])c2-c2cnc(N)c(c2)O[C@H](C)c2cc(C)ccc2C1=O. The summed E-state index contributed by atoms with van der Waals surface area (Å²) >= 11 is 0. The normalized spacial score (nSPS) is 17.8. The average Bonchev–Trinajstić information content (AvgIpc) is 3.06. The van der Waals surface area contributed by atoms with Gasteiger partial charge in [0.2, 0.25) is 0 Å². The third-order valence-electron chi connectivity index (χ3n) is 5.10. The summed E-state index contributed by atoms with van der Waals surface area (Å²) in [4.78, 5) is 22.2. The maximum Gasteiger partial charge on any atom is 0.260 e. The highest BCUT2D eigenvalue weighted by Gasteiger charge is 2.27. The number of pyridine rings is 1. The van der Waals surface area contributed by atoms with Crippen molar-refractivity contribution in [2.75, 3.05) is 12.7 Å². The van der Waals surface area contributed by atoms with Crippen LogP contribution in [0, 0.1) is 13.5 Å². The van der Waals surface area contributed by atoms with Crippen LogP contribution in [0.15, 0.2) is 30.5 Å². The van der Waals surface area contributed by atoms with Crippen molar-refractivity contribution in [3.05, 3.63) is 64.3 Å². The number of amides is 1. The van der Waals surface area contributed by atoms with Crippen molar-refractivity contribution in [1.29, 1.82) is 0 Å². The molecule has 3 heterocycles. The molecule has 0 saturated carbocycles. The smallest absolute Gasteiger partial charge is 0.260 e. The zero-order valence-electron chi connectivity index (χ0n) is 19.8. The van der Waals surface area contributed by atoms with Gasteiger partial charge in [-0.05, 0) is 31.5 Å². The second-order valence-electron chi connectivity index (χ2n) is 7.23. The Hall–Kier alpha value is -3.86. The van der Waals surface area contributed by atoms with Crippen LogP contribution < -0.4 is 10.5 Å². The molecule has 1 atom stereocenters. The average molecular weight is 405 g/mol. The molecule has 2 aromatic heterocycles. The molecule has 2 N–H and O–H groups in total. The van der Waals surface area contributed by atoms with E-state index >= 15 is 0 Å². The van der Waals surface area contributed by atoms with Crippen molar-refractivity contribution in [2.24, 2.45) is 7.05 Å². The first kappa shape index (κ1) is 16.0. The maximum absolute atomic E-state index is 13.6. The van der Waals surface area contributed by atoms with Crippen molar-refractivity contribution in [3.8, 4) is 16.9 Å². The first-order chi connectivity index (χ1) is 15.5. The van der Waals surface area contributed by atoms with E-state index in [9.17, 15) is 4.79 Å². The predicted molar refractivity (Wildman–Crippen MR) is 113 cm³/mol. The highest BCUT2D eigenvalue weighted by Crippen LogP contribution is 2.38. The van der Waals surface area contributed by atoms with E-state index in [-0.39, 0.29) is 29.4 Å². The number of aromatic nitrogens is 3. The summed E-state index contributed by atoms with van der Waals surface area (Å²) in [5.74, 6) is -0.0562. The van der Waals surface area contributed by atoms with E-state index in [4.69, 9.17) is 21.2 Å². The van der Waals surface area contributed by atoms with Crippen LogP contribution in [0.3, 0.4) is 0 Å². The molecule has 0 fully saturated rings. The monoisotopic (exact) mass is 405 g/mol. The number of rotatable bonds is 0. The standard InChI is InChI=1S/C22H22N6O2/c1-12-6-7-15-16(8-12)13(2)30-18-9-14(10-25-20(18)23)19-17(11-27(4)22(15)29)26-28(5)21(19)24-3/h6-10,13H,11H2,1-2,4-5H3,(H2,23,25)/t13-/m1/s1/i4D3. The molecule has 8 heteroatoms. The van der Waals surface area contributed by atoms with Gasteiger partial charge in [0, 0.05) is 34.0 Å². The Labute approximate surface area is 178 Å². The van der Waals surface area contributed by atoms with Crippen molar-refractivity contribution >= 4 is 17.5 Å². The lowest BCUT2D eigenvalue weighted by Crippen LogP contribution is -2.28. The van der Waals surface area contributed by atoms with E-state index in [1.807, 2.05) is 6.92 Å². The first-order valence-corrected chi connectivity index (χ1v) is 9.29. The second kappa shape index (κ2) is 7.19. The van der Waals surface area contributed by atoms with Crippen molar-refractivity contribution in [1.82, 2.24) is 19.7 Å². The van der Waals surface area contributed by atoms with Crippen molar-refractivity contribution in [3.63, 3.8) is 0 Å². The van der Waals surface area contributed by atoms with Crippen LogP contribution in [0.25, 0.3) is 16.0 Å². The molecule has 1 aromatic carbocycles. The zero-order chi connectivity index (χ0) is 24.1. The number of aryl methyl sites for hydroxylation is 2. The molecule has 152 valence electrons. The van der Waals surface area contributed by atoms with Gasteiger partial charge < -0.3 is 20.2 Å². The molecule has 1 amide bonds. The summed E-state index contributed by atoms with van der Waals surface area (Å²) in [5.41, 5.74) is 8.81. The molecule has 0 spiro atoms. The Morgan fingerprint density at radius 3 is 2.93 bits per heavy atom. The number of nitrogens with two attached hydrogens (primary N) is 1. The van der Waals surface area contributed by atoms with E-state index in [0.717, 1.165) is 10.5 Å². The second-order valence-corrected chi connectivity index (χ2v) is 7.23. The molecule has 30 heavy (non-hydrogen) atoms. The fourth-order valence-electron chi connectivity index (χ4n) is 3.62. The van der Waals surface area contributed by atoms with Crippen LogP contribution in [-0.2, 0) is 13.6 Å². The number of hydrogen-bond acceptors (Lipinski definition) is 5. The van der Waals surface area contributed by atoms with Gasteiger partial charge in [0.1, 0.15) is 11.8 Å². The van der Waals surface area contributed by atoms with E-state index in [1.54, 1.807) is 38.2 Å². The molecule has 0 radical (unpaired) electrons. The molecule has 1 aliphatic heterocycles. The zero-order valence-corrected chi connectivity index (χ0v) is 16.8. The summed E-state index contributed by atoms with van der Waals surface area (Å²) in [6.45, 7) is 8.17. The van der Waals surface area contributed by atoms with Gasteiger partial charge in [-0.25, -0.2) is 9.67 Å². The van der Waals surface area contributed by atoms with E-state index in [1.165, 1.54) is 10.9 Å². The van der Waals surface area contributed by atoms with Crippen molar-refractivity contribution < 1.29 is 13.6 Å². The molecule has 1 aliphatic rings. The number of ether oxygens (including phenoxy) is 1. The fourth-order valence-corrected chi connectivity index (χ4v) is 3.62. The lowest BCUT2D eigenvalue weighted by Gasteiger charge is -2.24. The molecule has 8 nitrogen and oxygen atoms in total. The molecular formula is C22H22N6O2. The minimum absolute atomic E-state index is 0.155. The highest BCUT2D eigenvalue weighted by atomic mass is 16.5. The molecule has 0 aliphatic carbocycles. The molecular weight excluding hydrogens is 380 g/mol. The van der Waals surface area contributed by atoms with Gasteiger partial charge in [0.05, 0.1) is 13.6 Å². The number of anilines is 1. The third-order valence-corrected chi connectivity index (χ3v) is 5.10. The molecule has 0 unspecified atom stereocenters. The van der Waals surface area contributed by atoms with Crippen LogP contribution in [0.5, 0.6) is 5.75 Å². The van der Waals surface area contributed by atoms with Gasteiger partial charge in [0.25, 0.3) is 11.7 Å². The minimum Gasteiger partial charge on any atom is -0.482 e. The van der Waals surface area contributed by atoms with E-state index in [2.05, 4.69) is 14.9 Å². The van der Waals surface area contributed by atoms with Crippen LogP contribution in [0.4, 0.5) is 11.6 Å². The van der Waals surface area contributed by atoms with Gasteiger partial charge in [-0.1, -0.05) is 24.3 Å². The Bertz CT molecular complexity index is 1310. The predicted octanol–water partition coefficient (Wildman–Crippen LogP) is 3.65. The lowest BCUT2D eigenvalue weighted by atomic mass is 9.98. The van der Waals surface area contributed by atoms with E-state index in [0.29, 0.717) is 22.4 Å². The number of carbonyl (C=O) groups is 1. The topological polar surface area (TPSA) is 90.6 Å². The van der Waals surface area contributed by atoms with Gasteiger partial charge in [-0.2, -0.15) is 0 Å². The van der Waals surface area contributed by atoms with Crippen LogP contribution in [0.2, 0.25) is 0 Å². The summed E-state index contributed by atoms with van der Waals surface area (Å²) in [5, 5.41) is 4.37. The van der Waals surface area contributed by atoms with Crippen LogP contribution in [-0.4, -0.2) is 32.5 Å². The summed E-state index contributed by atoms with van der Waals surface area (Å²) in [6, 6.07) is 6.79. The summed E-state index contributed by atoms with van der Waals surface area (Å²) < 4.78 is 31.6. The van der Waals surface area contributed by atoms with Gasteiger partial charge in [-0.3, -0.25) is 4.79 Å². The van der Waals surface area contributed by atoms with Gasteiger partial charge in [0.15, 0.2) is 11.6 Å².